The lowest BCUT2D eigenvalue weighted by Gasteiger charge is -2.21. The van der Waals surface area contributed by atoms with Crippen molar-refractivity contribution < 1.29 is 9.53 Å². The number of hydrogen-bond donors (Lipinski definition) is 1. The molecule has 110 valence electrons. The second-order valence-electron chi connectivity index (χ2n) is 5.27. The fraction of sp³-hybridized carbons (Fsp3) is 0.643. The maximum Gasteiger partial charge on any atom is 0.178 e. The van der Waals surface area contributed by atoms with Crippen LogP contribution in [0.3, 0.4) is 0 Å². The van der Waals surface area contributed by atoms with Gasteiger partial charge in [0.1, 0.15) is 5.00 Å². The van der Waals surface area contributed by atoms with Crippen molar-refractivity contribution in [2.75, 3.05) is 43.2 Å². The minimum atomic E-state index is 0.228. The summed E-state index contributed by atoms with van der Waals surface area (Å²) in [6, 6.07) is 0. The van der Waals surface area contributed by atoms with E-state index in [4.69, 9.17) is 10.5 Å². The monoisotopic (exact) mass is 312 g/mol. The van der Waals surface area contributed by atoms with Crippen molar-refractivity contribution in [3.8, 4) is 0 Å². The van der Waals surface area contributed by atoms with Crippen molar-refractivity contribution in [2.45, 2.75) is 24.2 Å². The van der Waals surface area contributed by atoms with Crippen LogP contribution in [-0.2, 0) is 4.74 Å². The molecule has 1 saturated heterocycles. The van der Waals surface area contributed by atoms with Crippen LogP contribution in [0.5, 0.6) is 0 Å². The molecule has 0 radical (unpaired) electrons. The zero-order chi connectivity index (χ0) is 14.1. The van der Waals surface area contributed by atoms with Gasteiger partial charge >= 0.3 is 0 Å². The Morgan fingerprint density at radius 2 is 2.20 bits per heavy atom. The summed E-state index contributed by atoms with van der Waals surface area (Å²) >= 11 is 3.22. The Morgan fingerprint density at radius 1 is 1.40 bits per heavy atom. The molecule has 3 rings (SSSR count). The molecule has 0 unspecified atom stereocenters. The van der Waals surface area contributed by atoms with E-state index in [9.17, 15) is 4.79 Å². The Balaban J connectivity index is 1.92. The number of anilines is 2. The van der Waals surface area contributed by atoms with Crippen molar-refractivity contribution in [3.63, 3.8) is 0 Å². The molecule has 1 aliphatic heterocycles. The first kappa shape index (κ1) is 14.2. The van der Waals surface area contributed by atoms with Crippen LogP contribution in [-0.4, -0.2) is 38.3 Å². The van der Waals surface area contributed by atoms with Crippen molar-refractivity contribution in [1.29, 1.82) is 0 Å². The van der Waals surface area contributed by atoms with Gasteiger partial charge < -0.3 is 15.4 Å². The van der Waals surface area contributed by atoms with E-state index < -0.39 is 0 Å². The molecule has 2 heterocycles. The Bertz CT molecular complexity index is 504. The summed E-state index contributed by atoms with van der Waals surface area (Å²) in [5, 5.41) is 1.16. The number of ether oxygens (including phenoxy) is 1. The van der Waals surface area contributed by atoms with Gasteiger partial charge in [-0.05, 0) is 25.5 Å². The number of nitrogens with zero attached hydrogens (tertiary/aromatic N) is 1. The maximum absolute atomic E-state index is 12.3. The fourth-order valence-corrected chi connectivity index (χ4v) is 4.74. The lowest BCUT2D eigenvalue weighted by atomic mass is 10.2. The number of nitrogen functional groups attached to an aromatic ring is 1. The molecule has 0 bridgehead atoms. The van der Waals surface area contributed by atoms with Gasteiger partial charge in [0, 0.05) is 25.6 Å². The van der Waals surface area contributed by atoms with Crippen LogP contribution >= 0.6 is 23.1 Å². The summed E-state index contributed by atoms with van der Waals surface area (Å²) in [5.74, 6) is 0.478. The number of nitrogens with two attached hydrogens (primary N) is 1. The number of carbonyl (C=O) groups is 1. The molecule has 0 spiro atoms. The van der Waals surface area contributed by atoms with E-state index in [-0.39, 0.29) is 11.7 Å². The number of thiophene rings is 1. The van der Waals surface area contributed by atoms with Crippen LogP contribution in [0.15, 0.2) is 4.90 Å². The number of ketones is 1. The first-order valence-electron chi connectivity index (χ1n) is 7.05. The van der Waals surface area contributed by atoms with Crippen molar-refractivity contribution in [3.05, 3.63) is 4.88 Å². The maximum atomic E-state index is 12.3. The van der Waals surface area contributed by atoms with Crippen molar-refractivity contribution >= 4 is 39.6 Å². The van der Waals surface area contributed by atoms with Gasteiger partial charge in [0.25, 0.3) is 0 Å². The van der Waals surface area contributed by atoms with Gasteiger partial charge in [-0.25, -0.2) is 0 Å². The predicted molar refractivity (Wildman–Crippen MR) is 85.2 cm³/mol. The van der Waals surface area contributed by atoms with Gasteiger partial charge in [-0.2, -0.15) is 0 Å². The number of rotatable bonds is 4. The third-order valence-corrected chi connectivity index (χ3v) is 6.00. The van der Waals surface area contributed by atoms with Gasteiger partial charge in [0.2, 0.25) is 0 Å². The Kier molecular flexibility index (Phi) is 4.23. The first-order chi connectivity index (χ1) is 9.72. The highest BCUT2D eigenvalue weighted by molar-refractivity contribution is 7.99. The summed E-state index contributed by atoms with van der Waals surface area (Å²) in [5.41, 5.74) is 6.93. The van der Waals surface area contributed by atoms with Crippen LogP contribution in [0.2, 0.25) is 0 Å². The highest BCUT2D eigenvalue weighted by atomic mass is 32.2. The van der Waals surface area contributed by atoms with Gasteiger partial charge in [-0.15, -0.1) is 23.1 Å². The van der Waals surface area contributed by atoms with E-state index >= 15 is 0 Å². The molecule has 0 aromatic carbocycles. The highest BCUT2D eigenvalue weighted by Gasteiger charge is 2.34. The minimum Gasteiger partial charge on any atom is -0.396 e. The summed E-state index contributed by atoms with van der Waals surface area (Å²) in [4.78, 5) is 16.5. The second kappa shape index (κ2) is 5.95. The standard InChI is InChI=1S/C14H20N2O2S2/c1-19-13-10(15)12(11(17)9-3-4-9)20-14(13)16-5-2-7-18-8-6-16/h9H,2-8,15H2,1H3. The summed E-state index contributed by atoms with van der Waals surface area (Å²) < 4.78 is 5.51. The van der Waals surface area contributed by atoms with E-state index in [1.807, 2.05) is 6.26 Å². The molecular weight excluding hydrogens is 292 g/mol. The Labute approximate surface area is 127 Å². The molecule has 4 nitrogen and oxygen atoms in total. The van der Waals surface area contributed by atoms with Crippen LogP contribution in [0, 0.1) is 5.92 Å². The molecule has 0 amide bonds. The van der Waals surface area contributed by atoms with Crippen molar-refractivity contribution in [1.82, 2.24) is 0 Å². The van der Waals surface area contributed by atoms with Crippen LogP contribution in [0.1, 0.15) is 28.9 Å². The number of hydrogen-bond acceptors (Lipinski definition) is 6. The van der Waals surface area contributed by atoms with Crippen LogP contribution < -0.4 is 10.6 Å². The molecule has 2 aliphatic rings. The molecule has 2 fully saturated rings. The topological polar surface area (TPSA) is 55.6 Å². The SMILES string of the molecule is CSc1c(N2CCCOCC2)sc(C(=O)C2CC2)c1N. The van der Waals surface area contributed by atoms with Gasteiger partial charge in [-0.1, -0.05) is 0 Å². The van der Waals surface area contributed by atoms with Crippen LogP contribution in [0.4, 0.5) is 10.7 Å². The molecule has 6 heteroatoms. The average molecular weight is 312 g/mol. The molecule has 1 aromatic heterocycles. The first-order valence-corrected chi connectivity index (χ1v) is 9.09. The zero-order valence-electron chi connectivity index (χ0n) is 11.7. The molecular formula is C14H20N2O2S2. The van der Waals surface area contributed by atoms with E-state index in [0.29, 0.717) is 5.69 Å². The number of Topliss-reactive ketones (excluding diaryl/α,β-unsaturated/α-hetero) is 1. The van der Waals surface area contributed by atoms with E-state index in [0.717, 1.165) is 60.3 Å². The smallest absolute Gasteiger partial charge is 0.178 e. The lowest BCUT2D eigenvalue weighted by molar-refractivity contribution is 0.0972. The number of thioether (sulfide) groups is 1. The van der Waals surface area contributed by atoms with E-state index in [2.05, 4.69) is 4.90 Å². The Hall–Kier alpha value is -0.720. The Morgan fingerprint density at radius 3 is 2.90 bits per heavy atom. The van der Waals surface area contributed by atoms with Gasteiger partial charge in [0.15, 0.2) is 5.78 Å². The average Bonchev–Trinajstić information content (AvgIpc) is 3.25. The minimum absolute atomic E-state index is 0.228. The summed E-state index contributed by atoms with van der Waals surface area (Å²) in [7, 11) is 0. The van der Waals surface area contributed by atoms with Crippen molar-refractivity contribution in [2.24, 2.45) is 5.92 Å². The lowest BCUT2D eigenvalue weighted by Crippen LogP contribution is -2.25. The van der Waals surface area contributed by atoms with Crippen LogP contribution in [0.25, 0.3) is 0 Å². The second-order valence-corrected chi connectivity index (χ2v) is 7.09. The van der Waals surface area contributed by atoms with Gasteiger partial charge in [-0.3, -0.25) is 4.79 Å². The molecule has 1 saturated carbocycles. The molecule has 2 N–H and O–H groups in total. The van der Waals surface area contributed by atoms with Gasteiger partial charge in [0.05, 0.1) is 22.1 Å². The summed E-state index contributed by atoms with van der Waals surface area (Å²) in [6.45, 7) is 3.42. The van der Waals surface area contributed by atoms with E-state index in [1.54, 1.807) is 23.1 Å². The normalized spacial score (nSPS) is 19.9. The molecule has 0 atom stereocenters. The molecule has 1 aliphatic carbocycles. The highest BCUT2D eigenvalue weighted by Crippen LogP contribution is 2.46. The number of carbonyl (C=O) groups excluding carboxylic acids is 1. The quantitative estimate of drug-likeness (QED) is 0.684. The largest absolute Gasteiger partial charge is 0.396 e. The fourth-order valence-electron chi connectivity index (χ4n) is 2.48. The zero-order valence-corrected chi connectivity index (χ0v) is 13.3. The predicted octanol–water partition coefficient (Wildman–Crippen LogP) is 2.87. The third kappa shape index (κ3) is 2.69. The third-order valence-electron chi connectivity index (χ3n) is 3.77. The summed E-state index contributed by atoms with van der Waals surface area (Å²) in [6.07, 6.45) is 5.11. The molecule has 20 heavy (non-hydrogen) atoms. The molecule has 1 aromatic rings. The van der Waals surface area contributed by atoms with E-state index in [1.165, 1.54) is 0 Å².